The first-order chi connectivity index (χ1) is 7.15. The molecule has 0 saturated carbocycles. The summed E-state index contributed by atoms with van der Waals surface area (Å²) in [4.78, 5) is 10.7. The molecule has 1 heterocycles. The van der Waals surface area contributed by atoms with Crippen molar-refractivity contribution in [3.8, 4) is 0 Å². The largest absolute Gasteiger partial charge is 0.462 e. The maximum Gasteiger partial charge on any atom is 0.330 e. The van der Waals surface area contributed by atoms with Crippen LogP contribution in [0, 0.1) is 0 Å². The number of esters is 1. The van der Waals surface area contributed by atoms with Gasteiger partial charge in [0.25, 0.3) is 0 Å². The van der Waals surface area contributed by atoms with Gasteiger partial charge in [-0.2, -0.15) is 5.10 Å². The zero-order valence-corrected chi connectivity index (χ0v) is 8.14. The second kappa shape index (κ2) is 5.01. The number of allylic oxidation sites excluding steroid dienone is 1. The van der Waals surface area contributed by atoms with Crippen LogP contribution in [-0.4, -0.2) is 23.9 Å². The Morgan fingerprint density at radius 2 is 2.53 bits per heavy atom. The molecule has 1 rings (SSSR count). The number of nitrogens with zero attached hydrogens (tertiary/aromatic N) is 2. The molecule has 1 aliphatic heterocycles. The summed E-state index contributed by atoms with van der Waals surface area (Å²) in [5.41, 5.74) is 9.17. The van der Waals surface area contributed by atoms with Crippen LogP contribution >= 0.6 is 0 Å². The van der Waals surface area contributed by atoms with Crippen molar-refractivity contribution in [1.82, 2.24) is 10.7 Å². The second-order valence-electron chi connectivity index (χ2n) is 2.75. The number of hydrogen-bond donors (Lipinski definition) is 3. The van der Waals surface area contributed by atoms with Crippen LogP contribution in [0.1, 0.15) is 6.42 Å². The molecule has 0 radical (unpaired) electrons. The summed E-state index contributed by atoms with van der Waals surface area (Å²) in [5, 5.41) is 4.85. The maximum atomic E-state index is 10.7. The Morgan fingerprint density at radius 3 is 3.13 bits per heavy atom. The minimum atomic E-state index is -0.477. The van der Waals surface area contributed by atoms with Gasteiger partial charge in [-0.05, 0) is 0 Å². The molecule has 0 unspecified atom stereocenters. The monoisotopic (exact) mass is 211 g/mol. The molecule has 15 heavy (non-hydrogen) atoms. The quantitative estimate of drug-likeness (QED) is 0.311. The fraction of sp³-hybridized carbons (Fsp3) is 0.250. The number of carbonyl (C=O) groups is 1. The predicted molar refractivity (Wildman–Crippen MR) is 54.6 cm³/mol. The normalized spacial score (nSPS) is 14.9. The van der Waals surface area contributed by atoms with E-state index in [-0.39, 0.29) is 6.61 Å². The van der Waals surface area contributed by atoms with Crippen molar-refractivity contribution in [3.63, 3.8) is 0 Å². The highest BCUT2D eigenvalue weighted by Gasteiger charge is 2.12. The van der Waals surface area contributed by atoms with E-state index in [4.69, 9.17) is 16.3 Å². The molecule has 0 aromatic rings. The molecular formula is C8H13N5O2. The smallest absolute Gasteiger partial charge is 0.330 e. The van der Waals surface area contributed by atoms with E-state index in [2.05, 4.69) is 17.2 Å². The molecule has 7 heteroatoms. The topological polar surface area (TPSA) is 106 Å². The highest BCUT2D eigenvalue weighted by atomic mass is 16.5. The highest BCUT2D eigenvalue weighted by molar-refractivity contribution is 5.81. The van der Waals surface area contributed by atoms with Gasteiger partial charge in [0.15, 0.2) is 0 Å². The van der Waals surface area contributed by atoms with Crippen molar-refractivity contribution in [2.75, 3.05) is 6.61 Å². The van der Waals surface area contributed by atoms with Crippen molar-refractivity contribution < 1.29 is 9.53 Å². The molecule has 0 fully saturated rings. The summed E-state index contributed by atoms with van der Waals surface area (Å²) >= 11 is 0. The number of rotatable bonds is 4. The van der Waals surface area contributed by atoms with Crippen molar-refractivity contribution in [2.45, 2.75) is 6.42 Å². The molecular weight excluding hydrogens is 198 g/mol. The SMILES string of the molecule is C=CC(=O)OCCC1=C(N)C=NNN1N. The van der Waals surface area contributed by atoms with E-state index in [1.807, 2.05) is 0 Å². The van der Waals surface area contributed by atoms with Crippen LogP contribution in [0.3, 0.4) is 0 Å². The minimum Gasteiger partial charge on any atom is -0.462 e. The van der Waals surface area contributed by atoms with E-state index in [0.29, 0.717) is 17.8 Å². The van der Waals surface area contributed by atoms with Gasteiger partial charge < -0.3 is 10.5 Å². The molecule has 0 spiro atoms. The van der Waals surface area contributed by atoms with Gasteiger partial charge in [-0.3, -0.25) is 0 Å². The molecule has 0 atom stereocenters. The number of nitrogens with one attached hydrogen (secondary N) is 1. The van der Waals surface area contributed by atoms with Crippen molar-refractivity contribution >= 4 is 12.2 Å². The molecule has 5 N–H and O–H groups in total. The van der Waals surface area contributed by atoms with E-state index in [1.165, 1.54) is 11.3 Å². The first kappa shape index (κ1) is 11.1. The lowest BCUT2D eigenvalue weighted by molar-refractivity contribution is -0.137. The van der Waals surface area contributed by atoms with Crippen LogP contribution in [0.5, 0.6) is 0 Å². The summed E-state index contributed by atoms with van der Waals surface area (Å²) in [6.07, 6.45) is 2.94. The summed E-state index contributed by atoms with van der Waals surface area (Å²) in [5.74, 6) is 5.05. The molecule has 0 bridgehead atoms. The van der Waals surface area contributed by atoms with Gasteiger partial charge in [-0.1, -0.05) is 6.58 Å². The Balaban J connectivity index is 2.46. The second-order valence-corrected chi connectivity index (χ2v) is 2.75. The lowest BCUT2D eigenvalue weighted by Crippen LogP contribution is -2.44. The molecule has 0 saturated heterocycles. The zero-order valence-electron chi connectivity index (χ0n) is 8.14. The van der Waals surface area contributed by atoms with E-state index in [1.54, 1.807) is 0 Å². The molecule has 82 valence electrons. The van der Waals surface area contributed by atoms with Crippen LogP contribution < -0.4 is 17.1 Å². The third-order valence-electron chi connectivity index (χ3n) is 1.74. The van der Waals surface area contributed by atoms with Gasteiger partial charge in [0.2, 0.25) is 0 Å². The number of nitrogens with two attached hydrogens (primary N) is 2. The van der Waals surface area contributed by atoms with Gasteiger partial charge in [0.1, 0.15) is 0 Å². The van der Waals surface area contributed by atoms with Gasteiger partial charge in [-0.15, -0.1) is 0 Å². The number of hydrogen-bond acceptors (Lipinski definition) is 7. The van der Waals surface area contributed by atoms with Crippen LogP contribution in [0.15, 0.2) is 29.2 Å². The third kappa shape index (κ3) is 2.99. The molecule has 7 nitrogen and oxygen atoms in total. The number of hydrazone groups is 1. The van der Waals surface area contributed by atoms with E-state index >= 15 is 0 Å². The van der Waals surface area contributed by atoms with Gasteiger partial charge in [-0.25, -0.2) is 21.3 Å². The Kier molecular flexibility index (Phi) is 3.69. The van der Waals surface area contributed by atoms with Crippen LogP contribution in [0.2, 0.25) is 0 Å². The fourth-order valence-electron chi connectivity index (χ4n) is 1.01. The first-order valence-electron chi connectivity index (χ1n) is 4.26. The standard InChI is InChI=1S/C8H13N5O2/c1-2-8(14)15-4-3-7-6(9)5-11-12-13(7)10/h2,5,12H,1,3-4,9-10H2. The van der Waals surface area contributed by atoms with E-state index in [0.717, 1.165) is 6.08 Å². The van der Waals surface area contributed by atoms with Crippen LogP contribution in [-0.2, 0) is 9.53 Å². The molecule has 0 aliphatic carbocycles. The van der Waals surface area contributed by atoms with Gasteiger partial charge >= 0.3 is 5.97 Å². The summed E-state index contributed by atoms with van der Waals surface area (Å²) < 4.78 is 4.79. The Morgan fingerprint density at radius 1 is 1.80 bits per heavy atom. The zero-order chi connectivity index (χ0) is 11.3. The fourth-order valence-corrected chi connectivity index (χ4v) is 1.01. The lowest BCUT2D eigenvalue weighted by Gasteiger charge is -2.24. The lowest BCUT2D eigenvalue weighted by atomic mass is 10.2. The molecule has 0 aromatic carbocycles. The predicted octanol–water partition coefficient (Wildman–Crippen LogP) is -1.04. The van der Waals surface area contributed by atoms with Gasteiger partial charge in [0, 0.05) is 12.5 Å². The highest BCUT2D eigenvalue weighted by Crippen LogP contribution is 2.08. The number of hydrazine groups is 2. The van der Waals surface area contributed by atoms with E-state index < -0.39 is 5.97 Å². The summed E-state index contributed by atoms with van der Waals surface area (Å²) in [6, 6.07) is 0. The Bertz CT molecular complexity index is 323. The number of carbonyl (C=O) groups excluding carboxylic acids is 1. The number of ether oxygens (including phenoxy) is 1. The average molecular weight is 211 g/mol. The molecule has 0 amide bonds. The first-order valence-corrected chi connectivity index (χ1v) is 4.26. The maximum absolute atomic E-state index is 10.7. The van der Waals surface area contributed by atoms with Crippen molar-refractivity contribution in [1.29, 1.82) is 0 Å². The van der Waals surface area contributed by atoms with Crippen LogP contribution in [0.25, 0.3) is 0 Å². The van der Waals surface area contributed by atoms with Crippen molar-refractivity contribution in [2.24, 2.45) is 16.7 Å². The molecule has 1 aliphatic rings. The summed E-state index contributed by atoms with van der Waals surface area (Å²) in [6.45, 7) is 3.46. The Hall–Kier alpha value is -2.02. The van der Waals surface area contributed by atoms with Crippen molar-refractivity contribution in [3.05, 3.63) is 24.0 Å². The minimum absolute atomic E-state index is 0.185. The summed E-state index contributed by atoms with van der Waals surface area (Å²) in [7, 11) is 0. The van der Waals surface area contributed by atoms with Gasteiger partial charge in [0.05, 0.1) is 24.2 Å². The van der Waals surface area contributed by atoms with E-state index in [9.17, 15) is 4.79 Å². The van der Waals surface area contributed by atoms with Crippen LogP contribution in [0.4, 0.5) is 0 Å². The molecule has 0 aromatic heterocycles. The third-order valence-corrected chi connectivity index (χ3v) is 1.74. The Labute approximate surface area is 87.0 Å². The average Bonchev–Trinajstić information content (AvgIpc) is 2.22.